The lowest BCUT2D eigenvalue weighted by Gasteiger charge is -2.25. The van der Waals surface area contributed by atoms with Crippen LogP contribution in [0.25, 0.3) is 0 Å². The molecule has 0 aliphatic heterocycles. The van der Waals surface area contributed by atoms with E-state index >= 15 is 0 Å². The molecule has 0 fully saturated rings. The third-order valence-corrected chi connectivity index (χ3v) is 4.73. The summed E-state index contributed by atoms with van der Waals surface area (Å²) in [6.07, 6.45) is 21.0. The molecule has 0 aromatic carbocycles. The first kappa shape index (κ1) is 21.6. The summed E-state index contributed by atoms with van der Waals surface area (Å²) in [5, 5.41) is 0. The SMILES string of the molecule is CCCCCCCCCCCCCC[N+](C)([C]=O)CCCC. The number of hydrogen-bond donors (Lipinski definition) is 0. The van der Waals surface area contributed by atoms with Crippen molar-refractivity contribution in [1.82, 2.24) is 0 Å². The Hall–Kier alpha value is -0.370. The topological polar surface area (TPSA) is 17.1 Å². The van der Waals surface area contributed by atoms with Gasteiger partial charge in [-0.25, -0.2) is 4.79 Å². The Morgan fingerprint density at radius 1 is 0.591 bits per heavy atom. The van der Waals surface area contributed by atoms with E-state index in [1.165, 1.54) is 77.0 Å². The van der Waals surface area contributed by atoms with Crippen LogP contribution in [-0.2, 0) is 4.79 Å². The van der Waals surface area contributed by atoms with Gasteiger partial charge in [0.2, 0.25) is 0 Å². The lowest BCUT2D eigenvalue weighted by molar-refractivity contribution is -0.818. The van der Waals surface area contributed by atoms with Crippen LogP contribution in [0.2, 0.25) is 0 Å². The highest BCUT2D eigenvalue weighted by Gasteiger charge is 2.21. The summed E-state index contributed by atoms with van der Waals surface area (Å²) in [6.45, 7) is 6.39. The van der Waals surface area contributed by atoms with Gasteiger partial charge in [-0.1, -0.05) is 84.5 Å². The van der Waals surface area contributed by atoms with Crippen molar-refractivity contribution < 1.29 is 9.28 Å². The first-order chi connectivity index (χ1) is 10.7. The van der Waals surface area contributed by atoms with Gasteiger partial charge < -0.3 is 0 Å². The van der Waals surface area contributed by atoms with Crippen molar-refractivity contribution in [2.45, 2.75) is 104 Å². The van der Waals surface area contributed by atoms with Gasteiger partial charge in [-0.2, -0.15) is 0 Å². The second kappa shape index (κ2) is 15.5. The number of amides is 1. The van der Waals surface area contributed by atoms with Crippen molar-refractivity contribution >= 4 is 6.41 Å². The van der Waals surface area contributed by atoms with Gasteiger partial charge in [0, 0.05) is 0 Å². The third kappa shape index (κ3) is 13.3. The van der Waals surface area contributed by atoms with E-state index in [1.54, 1.807) is 0 Å². The summed E-state index contributed by atoms with van der Waals surface area (Å²) in [7, 11) is 2.03. The van der Waals surface area contributed by atoms with E-state index in [1.807, 2.05) is 7.05 Å². The molecule has 1 amide bonds. The van der Waals surface area contributed by atoms with E-state index in [4.69, 9.17) is 0 Å². The smallest absolute Gasteiger partial charge is 0.250 e. The number of quaternary nitrogens is 1. The van der Waals surface area contributed by atoms with Crippen LogP contribution in [0, 0.1) is 0 Å². The van der Waals surface area contributed by atoms with Crippen molar-refractivity contribution in [3.05, 3.63) is 0 Å². The second-order valence-corrected chi connectivity index (χ2v) is 7.18. The number of unbranched alkanes of at least 4 members (excludes halogenated alkanes) is 12. The van der Waals surface area contributed by atoms with Gasteiger partial charge in [-0.3, -0.25) is 4.48 Å². The summed E-state index contributed by atoms with van der Waals surface area (Å²) in [4.78, 5) is 11.1. The number of carbonyl (C=O) groups excluding carboxylic acids is 1. The van der Waals surface area contributed by atoms with Crippen molar-refractivity contribution in [2.24, 2.45) is 0 Å². The molecule has 0 saturated heterocycles. The minimum absolute atomic E-state index is 0.492. The van der Waals surface area contributed by atoms with Gasteiger partial charge >= 0.3 is 6.41 Å². The highest BCUT2D eigenvalue weighted by molar-refractivity contribution is 5.38. The maximum atomic E-state index is 11.1. The highest BCUT2D eigenvalue weighted by Crippen LogP contribution is 2.13. The average molecular weight is 312 g/mol. The normalized spacial score (nSPS) is 14.0. The summed E-state index contributed by atoms with van der Waals surface area (Å²) in [5.41, 5.74) is 0. The Morgan fingerprint density at radius 2 is 0.955 bits per heavy atom. The quantitative estimate of drug-likeness (QED) is 0.238. The number of hydrogen-bond acceptors (Lipinski definition) is 1. The molecule has 0 bridgehead atoms. The molecular formula is C20H41NO+. The van der Waals surface area contributed by atoms with E-state index in [2.05, 4.69) is 20.3 Å². The zero-order valence-corrected chi connectivity index (χ0v) is 15.7. The lowest BCUT2D eigenvalue weighted by atomic mass is 10.1. The molecule has 1 radical (unpaired) electrons. The fourth-order valence-corrected chi connectivity index (χ4v) is 3.01. The van der Waals surface area contributed by atoms with Crippen LogP contribution >= 0.6 is 0 Å². The zero-order chi connectivity index (χ0) is 16.5. The molecular weight excluding hydrogens is 270 g/mol. The van der Waals surface area contributed by atoms with Crippen molar-refractivity contribution in [1.29, 1.82) is 0 Å². The molecule has 2 nitrogen and oxygen atoms in total. The predicted octanol–water partition coefficient (Wildman–Crippen LogP) is 6.00. The average Bonchev–Trinajstić information content (AvgIpc) is 2.54. The van der Waals surface area contributed by atoms with E-state index in [9.17, 15) is 4.79 Å². The molecule has 0 N–H and O–H groups in total. The molecule has 0 aliphatic carbocycles. The largest absolute Gasteiger partial charge is 0.442 e. The minimum Gasteiger partial charge on any atom is -0.250 e. The molecule has 0 spiro atoms. The Bertz CT molecular complexity index is 242. The molecule has 0 aromatic rings. The Morgan fingerprint density at radius 3 is 1.36 bits per heavy atom. The predicted molar refractivity (Wildman–Crippen MR) is 97.6 cm³/mol. The van der Waals surface area contributed by atoms with Gasteiger partial charge in [0.15, 0.2) is 0 Å². The molecule has 1 unspecified atom stereocenters. The van der Waals surface area contributed by atoms with Gasteiger partial charge in [0.1, 0.15) is 0 Å². The van der Waals surface area contributed by atoms with Crippen LogP contribution in [0.1, 0.15) is 104 Å². The molecule has 22 heavy (non-hydrogen) atoms. The molecule has 0 aromatic heterocycles. The van der Waals surface area contributed by atoms with Crippen molar-refractivity contribution in [3.63, 3.8) is 0 Å². The maximum absolute atomic E-state index is 11.1. The molecule has 0 aliphatic rings. The standard InChI is InChI=1S/C20H41NO/c1-4-6-8-9-10-11-12-13-14-15-16-17-19-21(3,20-22)18-7-5-2/h4-19H2,1-3H3/q+1. The lowest BCUT2D eigenvalue weighted by Crippen LogP contribution is -2.44. The molecule has 0 rings (SSSR count). The van der Waals surface area contributed by atoms with Crippen LogP contribution in [0.4, 0.5) is 0 Å². The summed E-state index contributed by atoms with van der Waals surface area (Å²) in [5.74, 6) is 0. The molecule has 131 valence electrons. The first-order valence-corrected chi connectivity index (χ1v) is 9.92. The summed E-state index contributed by atoms with van der Waals surface area (Å²) >= 11 is 0. The Kier molecular flexibility index (Phi) is 15.3. The third-order valence-electron chi connectivity index (χ3n) is 4.73. The van der Waals surface area contributed by atoms with Gasteiger partial charge in [0.05, 0.1) is 20.1 Å². The molecule has 1 atom stereocenters. The van der Waals surface area contributed by atoms with E-state index in [0.29, 0.717) is 4.48 Å². The molecule has 0 saturated carbocycles. The summed E-state index contributed by atoms with van der Waals surface area (Å²) < 4.78 is 0.492. The fraction of sp³-hybridized carbons (Fsp3) is 0.950. The fourth-order valence-electron chi connectivity index (χ4n) is 3.01. The summed E-state index contributed by atoms with van der Waals surface area (Å²) in [6, 6.07) is 0. The Balaban J connectivity index is 3.33. The number of rotatable bonds is 17. The van der Waals surface area contributed by atoms with E-state index in [-0.39, 0.29) is 0 Å². The van der Waals surface area contributed by atoms with E-state index < -0.39 is 0 Å². The highest BCUT2D eigenvalue weighted by atomic mass is 16.1. The minimum atomic E-state index is 0.492. The monoisotopic (exact) mass is 311 g/mol. The van der Waals surface area contributed by atoms with Gasteiger partial charge in [0.25, 0.3) is 0 Å². The number of nitrogens with zero attached hydrogens (tertiary/aromatic N) is 1. The van der Waals surface area contributed by atoms with Crippen molar-refractivity contribution in [2.75, 3.05) is 20.1 Å². The van der Waals surface area contributed by atoms with Crippen LogP contribution < -0.4 is 0 Å². The second-order valence-electron chi connectivity index (χ2n) is 7.18. The van der Waals surface area contributed by atoms with Crippen molar-refractivity contribution in [3.8, 4) is 0 Å². The Labute approximate surface area is 140 Å². The zero-order valence-electron chi connectivity index (χ0n) is 15.7. The molecule has 2 heteroatoms. The van der Waals surface area contributed by atoms with Crippen LogP contribution in [0.15, 0.2) is 0 Å². The van der Waals surface area contributed by atoms with E-state index in [0.717, 1.165) is 25.9 Å². The molecule has 0 heterocycles. The van der Waals surface area contributed by atoms with Crippen LogP contribution in [0.3, 0.4) is 0 Å². The van der Waals surface area contributed by atoms with Gasteiger partial charge in [-0.15, -0.1) is 0 Å². The van der Waals surface area contributed by atoms with Crippen LogP contribution in [-0.4, -0.2) is 31.0 Å². The van der Waals surface area contributed by atoms with Crippen LogP contribution in [0.5, 0.6) is 0 Å². The maximum Gasteiger partial charge on any atom is 0.442 e. The van der Waals surface area contributed by atoms with Gasteiger partial charge in [-0.05, 0) is 19.3 Å². The first-order valence-electron chi connectivity index (χ1n) is 9.92.